The van der Waals surface area contributed by atoms with E-state index in [0.717, 1.165) is 23.1 Å². The first-order valence-corrected chi connectivity index (χ1v) is 8.50. The number of nitrogens with zero attached hydrogens (tertiary/aromatic N) is 1. The third-order valence-electron chi connectivity index (χ3n) is 4.87. The van der Waals surface area contributed by atoms with Crippen LogP contribution >= 0.6 is 0 Å². The summed E-state index contributed by atoms with van der Waals surface area (Å²) in [5.74, 6) is 1.33. The second-order valence-electron chi connectivity index (χ2n) is 6.61. The number of carbonyl (C=O) groups is 1. The monoisotopic (exact) mass is 369 g/mol. The molecular weight excluding hydrogens is 350 g/mol. The summed E-state index contributed by atoms with van der Waals surface area (Å²) in [4.78, 5) is 26.4. The van der Waals surface area contributed by atoms with Crippen LogP contribution in [-0.4, -0.2) is 39.1 Å². The number of methoxy groups -OCH3 is 2. The Morgan fingerprint density at radius 1 is 1.11 bits per heavy atom. The smallest absolute Gasteiger partial charge is 0.348 e. The second-order valence-corrected chi connectivity index (χ2v) is 6.61. The van der Waals surface area contributed by atoms with Gasteiger partial charge in [-0.1, -0.05) is 0 Å². The molecule has 1 aromatic carbocycles. The lowest BCUT2D eigenvalue weighted by atomic mass is 9.88. The zero-order valence-electron chi connectivity index (χ0n) is 15.5. The molecule has 7 heteroatoms. The van der Waals surface area contributed by atoms with Crippen molar-refractivity contribution in [3.63, 3.8) is 0 Å². The van der Waals surface area contributed by atoms with Crippen LogP contribution in [0, 0.1) is 0 Å². The molecule has 0 N–H and O–H groups in total. The standard InChI is InChI=1S/C20H19NO6/c1-21(2)19(22)13-9-26-18-11-6-5-10-7-14(24-3)15(25-4)8-12(10)17(11)27-20(23)16(13)18/h7-9H,5-6H2,1-4H3. The van der Waals surface area contributed by atoms with Crippen LogP contribution in [-0.2, 0) is 12.8 Å². The number of benzene rings is 1. The molecule has 0 fully saturated rings. The molecule has 0 aliphatic heterocycles. The number of furan rings is 1. The highest BCUT2D eigenvalue weighted by atomic mass is 16.5. The molecule has 0 radical (unpaired) electrons. The van der Waals surface area contributed by atoms with Crippen LogP contribution in [0.4, 0.5) is 0 Å². The number of fused-ring (bicyclic) bond motifs is 5. The van der Waals surface area contributed by atoms with E-state index in [1.165, 1.54) is 11.2 Å². The number of hydrogen-bond acceptors (Lipinski definition) is 6. The van der Waals surface area contributed by atoms with E-state index in [-0.39, 0.29) is 16.9 Å². The minimum absolute atomic E-state index is 0.191. The number of hydrogen-bond donors (Lipinski definition) is 0. The average molecular weight is 369 g/mol. The Balaban J connectivity index is 1.98. The van der Waals surface area contributed by atoms with Crippen LogP contribution in [0.25, 0.3) is 22.3 Å². The molecule has 0 saturated carbocycles. The normalized spacial score (nSPS) is 12.4. The van der Waals surface area contributed by atoms with Crippen LogP contribution in [0.15, 0.2) is 32.0 Å². The Labute approximate surface area is 155 Å². The fraction of sp³-hybridized carbons (Fsp3) is 0.300. The van der Waals surface area contributed by atoms with Crippen molar-refractivity contribution in [3.8, 4) is 22.8 Å². The summed E-state index contributed by atoms with van der Waals surface area (Å²) in [6.07, 6.45) is 2.68. The van der Waals surface area contributed by atoms with Gasteiger partial charge in [0.05, 0.1) is 19.8 Å². The van der Waals surface area contributed by atoms with Crippen molar-refractivity contribution >= 4 is 16.9 Å². The van der Waals surface area contributed by atoms with Gasteiger partial charge in [0.15, 0.2) is 11.5 Å². The molecule has 3 aromatic rings. The van der Waals surface area contributed by atoms with Gasteiger partial charge in [0.1, 0.15) is 23.0 Å². The molecule has 7 nitrogen and oxygen atoms in total. The molecule has 0 atom stereocenters. The van der Waals surface area contributed by atoms with E-state index in [2.05, 4.69) is 0 Å². The van der Waals surface area contributed by atoms with Crippen LogP contribution < -0.4 is 15.1 Å². The van der Waals surface area contributed by atoms with E-state index in [9.17, 15) is 9.59 Å². The topological polar surface area (TPSA) is 82.1 Å². The SMILES string of the molecule is COc1cc2c(cc1OC)-c1oc(=O)c3c(C(=O)N(C)C)coc3c1CC2. The number of amides is 1. The highest BCUT2D eigenvalue weighted by Crippen LogP contribution is 2.42. The van der Waals surface area contributed by atoms with Gasteiger partial charge >= 0.3 is 5.63 Å². The number of carbonyl (C=O) groups excluding carboxylic acids is 1. The van der Waals surface area contributed by atoms with Crippen LogP contribution in [0.5, 0.6) is 11.5 Å². The van der Waals surface area contributed by atoms with Gasteiger partial charge < -0.3 is 23.2 Å². The lowest BCUT2D eigenvalue weighted by molar-refractivity contribution is 0.0828. The summed E-state index contributed by atoms with van der Waals surface area (Å²) in [5, 5.41) is 0.191. The lowest BCUT2D eigenvalue weighted by Crippen LogP contribution is -2.22. The van der Waals surface area contributed by atoms with Gasteiger partial charge in [0.2, 0.25) is 0 Å². The summed E-state index contributed by atoms with van der Waals surface area (Å²) >= 11 is 0. The second kappa shape index (κ2) is 6.19. The van der Waals surface area contributed by atoms with Crippen LogP contribution in [0.3, 0.4) is 0 Å². The van der Waals surface area contributed by atoms with E-state index in [0.29, 0.717) is 29.3 Å². The zero-order chi connectivity index (χ0) is 19.3. The predicted molar refractivity (Wildman–Crippen MR) is 98.7 cm³/mol. The van der Waals surface area contributed by atoms with E-state index in [4.69, 9.17) is 18.3 Å². The molecule has 0 unspecified atom stereocenters. The summed E-state index contributed by atoms with van der Waals surface area (Å²) in [7, 11) is 6.38. The summed E-state index contributed by atoms with van der Waals surface area (Å²) < 4.78 is 22.0. The molecule has 140 valence electrons. The van der Waals surface area contributed by atoms with Crippen molar-refractivity contribution in [1.82, 2.24) is 4.90 Å². The quantitative estimate of drug-likeness (QED) is 0.706. The van der Waals surface area contributed by atoms with E-state index in [1.54, 1.807) is 34.4 Å². The van der Waals surface area contributed by atoms with E-state index < -0.39 is 5.63 Å². The summed E-state index contributed by atoms with van der Waals surface area (Å²) in [6, 6.07) is 3.69. The molecular formula is C20H19NO6. The van der Waals surface area contributed by atoms with Gasteiger partial charge in [0.25, 0.3) is 5.91 Å². The molecule has 1 aliphatic carbocycles. The Bertz CT molecular complexity index is 1120. The molecule has 27 heavy (non-hydrogen) atoms. The first-order valence-electron chi connectivity index (χ1n) is 8.50. The average Bonchev–Trinajstić information content (AvgIpc) is 3.12. The van der Waals surface area contributed by atoms with E-state index >= 15 is 0 Å². The predicted octanol–water partition coefficient (Wildman–Crippen LogP) is 2.87. The van der Waals surface area contributed by atoms with Crippen molar-refractivity contribution in [3.05, 3.63) is 45.5 Å². The van der Waals surface area contributed by atoms with Gasteiger partial charge in [-0.05, 0) is 30.5 Å². The van der Waals surface area contributed by atoms with Crippen molar-refractivity contribution in [2.45, 2.75) is 12.8 Å². The van der Waals surface area contributed by atoms with Crippen molar-refractivity contribution in [2.75, 3.05) is 28.3 Å². The minimum atomic E-state index is -0.592. The molecule has 1 aliphatic rings. The number of aryl methyl sites for hydroxylation is 2. The third-order valence-corrected chi connectivity index (χ3v) is 4.87. The third kappa shape index (κ3) is 2.50. The Morgan fingerprint density at radius 3 is 2.48 bits per heavy atom. The maximum atomic E-state index is 12.7. The molecule has 4 rings (SSSR count). The fourth-order valence-electron chi connectivity index (χ4n) is 3.53. The molecule has 2 heterocycles. The van der Waals surface area contributed by atoms with Gasteiger partial charge in [-0.25, -0.2) is 4.79 Å². The largest absolute Gasteiger partial charge is 0.493 e. The van der Waals surface area contributed by atoms with E-state index in [1.807, 2.05) is 6.07 Å². The maximum Gasteiger partial charge on any atom is 0.348 e. The first-order chi connectivity index (χ1) is 13.0. The number of ether oxygens (including phenoxy) is 2. The lowest BCUT2D eigenvalue weighted by Gasteiger charge is -2.20. The van der Waals surface area contributed by atoms with Crippen molar-refractivity contribution in [2.24, 2.45) is 0 Å². The molecule has 0 saturated heterocycles. The zero-order valence-corrected chi connectivity index (χ0v) is 15.5. The molecule has 0 bridgehead atoms. The Kier molecular flexibility index (Phi) is 3.95. The first kappa shape index (κ1) is 17.2. The highest BCUT2D eigenvalue weighted by molar-refractivity contribution is 6.06. The van der Waals surface area contributed by atoms with Gasteiger partial charge in [0, 0.05) is 25.2 Å². The molecule has 1 amide bonds. The highest BCUT2D eigenvalue weighted by Gasteiger charge is 2.29. The van der Waals surface area contributed by atoms with Crippen LogP contribution in [0.1, 0.15) is 21.5 Å². The fourth-order valence-corrected chi connectivity index (χ4v) is 3.53. The van der Waals surface area contributed by atoms with Crippen molar-refractivity contribution < 1.29 is 23.1 Å². The van der Waals surface area contributed by atoms with Gasteiger partial charge in [-0.2, -0.15) is 0 Å². The molecule has 0 spiro atoms. The minimum Gasteiger partial charge on any atom is -0.493 e. The summed E-state index contributed by atoms with van der Waals surface area (Å²) in [5.41, 5.74) is 2.58. The number of rotatable bonds is 3. The Hall–Kier alpha value is -3.22. The molecule has 2 aromatic heterocycles. The van der Waals surface area contributed by atoms with Crippen LogP contribution in [0.2, 0.25) is 0 Å². The van der Waals surface area contributed by atoms with Gasteiger partial charge in [-0.15, -0.1) is 0 Å². The Morgan fingerprint density at radius 2 is 1.81 bits per heavy atom. The summed E-state index contributed by atoms with van der Waals surface area (Å²) in [6.45, 7) is 0. The maximum absolute atomic E-state index is 12.7. The van der Waals surface area contributed by atoms with Gasteiger partial charge in [-0.3, -0.25) is 4.79 Å². The van der Waals surface area contributed by atoms with Crippen molar-refractivity contribution in [1.29, 1.82) is 0 Å².